The lowest BCUT2D eigenvalue weighted by Gasteiger charge is -2.21. The molecule has 2 aliphatic rings. The molecule has 6 heteroatoms. The molecule has 4 rings (SSSR count). The van der Waals surface area contributed by atoms with E-state index in [1.54, 1.807) is 6.33 Å². The smallest absolute Gasteiger partial charge is 0.261 e. The molecule has 26 heavy (non-hydrogen) atoms. The van der Waals surface area contributed by atoms with Crippen LogP contribution in [0.1, 0.15) is 73.0 Å². The van der Waals surface area contributed by atoms with Gasteiger partial charge in [-0.25, -0.2) is 9.97 Å². The number of nitrogens with one attached hydrogen (secondary N) is 1. The maximum atomic E-state index is 13.0. The van der Waals surface area contributed by atoms with Crippen LogP contribution in [0.15, 0.2) is 6.33 Å². The van der Waals surface area contributed by atoms with Gasteiger partial charge in [-0.15, -0.1) is 11.3 Å². The molecular weight excluding hydrogens is 344 g/mol. The molecule has 0 bridgehead atoms. The van der Waals surface area contributed by atoms with Gasteiger partial charge in [0.25, 0.3) is 5.91 Å². The largest absolute Gasteiger partial charge is 0.356 e. The zero-order chi connectivity index (χ0) is 17.9. The molecule has 0 spiro atoms. The first-order valence-corrected chi connectivity index (χ1v) is 10.9. The number of aromatic nitrogens is 2. The minimum Gasteiger partial charge on any atom is -0.356 e. The second kappa shape index (κ2) is 7.91. The van der Waals surface area contributed by atoms with Crippen LogP contribution in [0.2, 0.25) is 0 Å². The minimum absolute atomic E-state index is 0.0726. The highest BCUT2D eigenvalue weighted by Gasteiger charge is 2.24. The monoisotopic (exact) mass is 372 g/mol. The second-order valence-corrected chi connectivity index (χ2v) is 8.64. The predicted molar refractivity (Wildman–Crippen MR) is 107 cm³/mol. The Bertz CT molecular complexity index is 773. The fourth-order valence-electron chi connectivity index (χ4n) is 4.29. The maximum Gasteiger partial charge on any atom is 0.261 e. The molecule has 1 aliphatic carbocycles. The minimum atomic E-state index is 0.0726. The first-order chi connectivity index (χ1) is 12.7. The van der Waals surface area contributed by atoms with Gasteiger partial charge in [0, 0.05) is 19.1 Å². The Morgan fingerprint density at radius 1 is 1.08 bits per heavy atom. The molecule has 2 fully saturated rings. The van der Waals surface area contributed by atoms with Crippen LogP contribution < -0.4 is 10.2 Å². The van der Waals surface area contributed by atoms with E-state index >= 15 is 0 Å². The molecule has 1 amide bonds. The van der Waals surface area contributed by atoms with E-state index in [1.807, 2.05) is 0 Å². The molecule has 0 radical (unpaired) electrons. The van der Waals surface area contributed by atoms with Crippen molar-refractivity contribution in [2.45, 2.75) is 70.8 Å². The van der Waals surface area contributed by atoms with E-state index in [2.05, 4.69) is 27.1 Å². The molecule has 2 aromatic rings. The van der Waals surface area contributed by atoms with Crippen LogP contribution in [0.25, 0.3) is 10.2 Å². The van der Waals surface area contributed by atoms with Crippen LogP contribution in [0.5, 0.6) is 0 Å². The van der Waals surface area contributed by atoms with Crippen LogP contribution in [0, 0.1) is 6.92 Å². The Hall–Kier alpha value is -1.69. The molecular formula is C20H28N4OS. The van der Waals surface area contributed by atoms with Gasteiger partial charge in [-0.05, 0) is 38.2 Å². The van der Waals surface area contributed by atoms with Crippen molar-refractivity contribution in [1.82, 2.24) is 15.3 Å². The standard InChI is InChI=1S/C20H28N4OS/c1-14-16-18(24-11-7-8-12-24)21-13-22-20(16)26-17(14)19(25)23-15-9-5-3-2-4-6-10-15/h13,15H,2-12H2,1H3,(H,23,25). The van der Waals surface area contributed by atoms with Crippen molar-refractivity contribution in [3.8, 4) is 0 Å². The van der Waals surface area contributed by atoms with Gasteiger partial charge < -0.3 is 10.2 Å². The summed E-state index contributed by atoms with van der Waals surface area (Å²) in [6.07, 6.45) is 12.7. The number of fused-ring (bicyclic) bond motifs is 1. The number of anilines is 1. The number of carbonyl (C=O) groups excluding carboxylic acids is 1. The third kappa shape index (κ3) is 3.56. The fourth-order valence-corrected chi connectivity index (χ4v) is 5.34. The second-order valence-electron chi connectivity index (χ2n) is 7.64. The molecule has 3 heterocycles. The quantitative estimate of drug-likeness (QED) is 0.865. The van der Waals surface area contributed by atoms with E-state index in [-0.39, 0.29) is 5.91 Å². The molecule has 0 unspecified atom stereocenters. The Kier molecular flexibility index (Phi) is 5.38. The number of nitrogens with zero attached hydrogens (tertiary/aromatic N) is 3. The number of thiophene rings is 1. The van der Waals surface area contributed by atoms with Gasteiger partial charge in [-0.3, -0.25) is 4.79 Å². The molecule has 2 aromatic heterocycles. The SMILES string of the molecule is Cc1c(C(=O)NC2CCCCCCC2)sc2ncnc(N3CCCC3)c12. The summed E-state index contributed by atoms with van der Waals surface area (Å²) in [5, 5.41) is 4.37. The van der Waals surface area contributed by atoms with Gasteiger partial charge in [0.05, 0.1) is 10.3 Å². The highest BCUT2D eigenvalue weighted by atomic mass is 32.1. The lowest BCUT2D eigenvalue weighted by atomic mass is 9.96. The van der Waals surface area contributed by atoms with E-state index in [1.165, 1.54) is 56.3 Å². The molecule has 1 saturated heterocycles. The van der Waals surface area contributed by atoms with Gasteiger partial charge in [0.15, 0.2) is 0 Å². The first kappa shape index (κ1) is 17.7. The van der Waals surface area contributed by atoms with E-state index in [4.69, 9.17) is 0 Å². The summed E-state index contributed by atoms with van der Waals surface area (Å²) in [5.41, 5.74) is 1.04. The molecule has 1 saturated carbocycles. The number of aryl methyl sites for hydroxylation is 1. The van der Waals surface area contributed by atoms with Crippen molar-refractivity contribution in [1.29, 1.82) is 0 Å². The van der Waals surface area contributed by atoms with Crippen molar-refractivity contribution in [3.05, 3.63) is 16.8 Å². The van der Waals surface area contributed by atoms with Crippen molar-refractivity contribution in [3.63, 3.8) is 0 Å². The summed E-state index contributed by atoms with van der Waals surface area (Å²) in [4.78, 5) is 26.0. The molecule has 1 N–H and O–H groups in total. The van der Waals surface area contributed by atoms with E-state index in [0.29, 0.717) is 6.04 Å². The predicted octanol–water partition coefficient (Wildman–Crippen LogP) is 4.44. The Morgan fingerprint density at radius 2 is 1.77 bits per heavy atom. The van der Waals surface area contributed by atoms with Gasteiger partial charge in [-0.2, -0.15) is 0 Å². The number of hydrogen-bond donors (Lipinski definition) is 1. The Labute approximate surface area is 159 Å². The van der Waals surface area contributed by atoms with Crippen molar-refractivity contribution < 1.29 is 4.79 Å². The fraction of sp³-hybridized carbons (Fsp3) is 0.650. The Morgan fingerprint density at radius 3 is 2.50 bits per heavy atom. The van der Waals surface area contributed by atoms with Crippen LogP contribution in [-0.2, 0) is 0 Å². The van der Waals surface area contributed by atoms with Crippen molar-refractivity contribution >= 4 is 33.3 Å². The zero-order valence-electron chi connectivity index (χ0n) is 15.6. The third-order valence-electron chi connectivity index (χ3n) is 5.76. The van der Waals surface area contributed by atoms with Crippen molar-refractivity contribution in [2.75, 3.05) is 18.0 Å². The molecule has 0 atom stereocenters. The van der Waals surface area contributed by atoms with E-state index in [0.717, 1.165) is 52.4 Å². The zero-order valence-corrected chi connectivity index (χ0v) is 16.4. The van der Waals surface area contributed by atoms with Crippen LogP contribution >= 0.6 is 11.3 Å². The molecule has 1 aliphatic heterocycles. The van der Waals surface area contributed by atoms with Crippen LogP contribution in [-0.4, -0.2) is 35.0 Å². The summed E-state index contributed by atoms with van der Waals surface area (Å²) in [5.74, 6) is 1.08. The lowest BCUT2D eigenvalue weighted by Crippen LogP contribution is -2.35. The average molecular weight is 373 g/mol. The highest BCUT2D eigenvalue weighted by molar-refractivity contribution is 7.20. The lowest BCUT2D eigenvalue weighted by molar-refractivity contribution is 0.0934. The normalized spacial score (nSPS) is 19.5. The summed E-state index contributed by atoms with van der Waals surface area (Å²) >= 11 is 1.51. The highest BCUT2D eigenvalue weighted by Crippen LogP contribution is 2.36. The van der Waals surface area contributed by atoms with Gasteiger partial charge in [0.2, 0.25) is 0 Å². The van der Waals surface area contributed by atoms with E-state index < -0.39 is 0 Å². The van der Waals surface area contributed by atoms with Crippen LogP contribution in [0.4, 0.5) is 5.82 Å². The maximum absolute atomic E-state index is 13.0. The summed E-state index contributed by atoms with van der Waals surface area (Å²) in [6.45, 7) is 4.14. The number of rotatable bonds is 3. The average Bonchev–Trinajstić information content (AvgIpc) is 3.25. The van der Waals surface area contributed by atoms with Crippen molar-refractivity contribution in [2.24, 2.45) is 0 Å². The summed E-state index contributed by atoms with van der Waals surface area (Å²) in [6, 6.07) is 0.316. The number of hydrogen-bond acceptors (Lipinski definition) is 5. The summed E-state index contributed by atoms with van der Waals surface area (Å²) in [7, 11) is 0. The Balaban J connectivity index is 1.58. The van der Waals surface area contributed by atoms with Gasteiger partial charge in [-0.1, -0.05) is 32.1 Å². The third-order valence-corrected chi connectivity index (χ3v) is 6.96. The molecule has 0 aromatic carbocycles. The number of carbonyl (C=O) groups is 1. The van der Waals surface area contributed by atoms with Gasteiger partial charge >= 0.3 is 0 Å². The molecule has 5 nitrogen and oxygen atoms in total. The number of amides is 1. The van der Waals surface area contributed by atoms with E-state index in [9.17, 15) is 4.79 Å². The summed E-state index contributed by atoms with van der Waals surface area (Å²) < 4.78 is 0. The van der Waals surface area contributed by atoms with Gasteiger partial charge in [0.1, 0.15) is 17.0 Å². The first-order valence-electron chi connectivity index (χ1n) is 10.0. The van der Waals surface area contributed by atoms with Crippen LogP contribution in [0.3, 0.4) is 0 Å². The topological polar surface area (TPSA) is 58.1 Å². The molecule has 140 valence electrons.